The molecule has 1 nitrogen and oxygen atoms in total. The predicted octanol–water partition coefficient (Wildman–Crippen LogP) is 4.29. The van der Waals surface area contributed by atoms with Crippen molar-refractivity contribution in [2.24, 2.45) is 0 Å². The van der Waals surface area contributed by atoms with E-state index >= 15 is 0 Å². The van der Waals surface area contributed by atoms with E-state index in [0.717, 1.165) is 16.0 Å². The summed E-state index contributed by atoms with van der Waals surface area (Å²) in [4.78, 5) is 1.15. The van der Waals surface area contributed by atoms with Gasteiger partial charge in [-0.3, -0.25) is 0 Å². The van der Waals surface area contributed by atoms with Crippen molar-refractivity contribution in [1.29, 1.82) is 0 Å². The minimum atomic E-state index is -0.885. The largest absolute Gasteiger partial charge is 0.386 e. The summed E-state index contributed by atoms with van der Waals surface area (Å²) < 4.78 is 0. The molecule has 0 amide bonds. The fraction of sp³-hybridized carbons (Fsp3) is 0.385. The zero-order valence-corrected chi connectivity index (χ0v) is 11.6. The molecule has 16 heavy (non-hydrogen) atoms. The maximum atomic E-state index is 10.1. The van der Waals surface area contributed by atoms with Crippen LogP contribution in [-0.4, -0.2) is 11.4 Å². The number of rotatable bonds is 3. The van der Waals surface area contributed by atoms with E-state index in [1.165, 1.54) is 0 Å². The van der Waals surface area contributed by atoms with E-state index in [1.807, 2.05) is 37.5 Å². The molecule has 1 N–H and O–H groups in total. The van der Waals surface area contributed by atoms with Crippen molar-refractivity contribution in [2.75, 3.05) is 6.26 Å². The van der Waals surface area contributed by atoms with E-state index in [4.69, 9.17) is 11.6 Å². The summed E-state index contributed by atoms with van der Waals surface area (Å²) in [5.74, 6) is 0. The van der Waals surface area contributed by atoms with Gasteiger partial charge in [0.15, 0.2) is 0 Å². The fourth-order valence-electron chi connectivity index (χ4n) is 1.62. The predicted molar refractivity (Wildman–Crippen MR) is 73.9 cm³/mol. The first-order valence-electron chi connectivity index (χ1n) is 5.13. The molecule has 0 heterocycles. The van der Waals surface area contributed by atoms with Crippen LogP contribution >= 0.6 is 23.4 Å². The second-order valence-electron chi connectivity index (χ2n) is 4.11. The van der Waals surface area contributed by atoms with Crippen molar-refractivity contribution in [2.45, 2.75) is 26.4 Å². The van der Waals surface area contributed by atoms with Gasteiger partial charge in [0.2, 0.25) is 0 Å². The molecule has 0 unspecified atom stereocenters. The van der Waals surface area contributed by atoms with Crippen LogP contribution in [0.3, 0.4) is 0 Å². The van der Waals surface area contributed by atoms with E-state index in [2.05, 4.69) is 0 Å². The molecule has 1 aromatic carbocycles. The molecule has 0 bridgehead atoms. The first kappa shape index (κ1) is 13.6. The Morgan fingerprint density at radius 3 is 2.50 bits per heavy atom. The Morgan fingerprint density at radius 1 is 1.44 bits per heavy atom. The number of hydrogen-bond acceptors (Lipinski definition) is 2. The van der Waals surface area contributed by atoms with Crippen LogP contribution in [-0.2, 0) is 5.60 Å². The molecule has 0 radical (unpaired) electrons. The Labute approximate surface area is 107 Å². The Hall–Kier alpha value is -0.440. The molecule has 3 heteroatoms. The minimum absolute atomic E-state index is 0.650. The molecule has 0 spiro atoms. The average molecular weight is 257 g/mol. The van der Waals surface area contributed by atoms with Crippen molar-refractivity contribution >= 4 is 28.3 Å². The van der Waals surface area contributed by atoms with Crippen LogP contribution in [0.5, 0.6) is 0 Å². The van der Waals surface area contributed by atoms with Gasteiger partial charge in [0.1, 0.15) is 0 Å². The van der Waals surface area contributed by atoms with Gasteiger partial charge < -0.3 is 5.11 Å². The lowest BCUT2D eigenvalue weighted by molar-refractivity contribution is 0.0784. The van der Waals surface area contributed by atoms with Gasteiger partial charge in [-0.15, -0.1) is 11.8 Å². The van der Waals surface area contributed by atoms with Gasteiger partial charge in [-0.2, -0.15) is 0 Å². The number of allylic oxidation sites excluding steroid dienone is 1. The standard InChI is InChI=1S/C13H17ClOS/c1-5-12(16-4)10-7-6-9(14)8-11(10)13(2,3)15/h5-8,15H,1-4H3/b12-5-. The summed E-state index contributed by atoms with van der Waals surface area (Å²) in [6.07, 6.45) is 4.07. The molecule has 1 rings (SSSR count). The highest BCUT2D eigenvalue weighted by Gasteiger charge is 2.21. The van der Waals surface area contributed by atoms with Gasteiger partial charge in [0.05, 0.1) is 5.60 Å². The molecular weight excluding hydrogens is 240 g/mol. The van der Waals surface area contributed by atoms with Gasteiger partial charge in [-0.1, -0.05) is 23.7 Å². The first-order chi connectivity index (χ1) is 7.40. The number of hydrogen-bond donors (Lipinski definition) is 1. The Balaban J connectivity index is 3.40. The minimum Gasteiger partial charge on any atom is -0.386 e. The molecule has 0 saturated carbocycles. The van der Waals surface area contributed by atoms with E-state index in [0.29, 0.717) is 5.02 Å². The summed E-state index contributed by atoms with van der Waals surface area (Å²) >= 11 is 7.64. The zero-order valence-electron chi connectivity index (χ0n) is 10.0. The lowest BCUT2D eigenvalue weighted by Gasteiger charge is -2.22. The van der Waals surface area contributed by atoms with Crippen LogP contribution in [0.2, 0.25) is 5.02 Å². The first-order valence-corrected chi connectivity index (χ1v) is 6.73. The molecule has 0 aliphatic heterocycles. The van der Waals surface area contributed by atoms with E-state index in [1.54, 1.807) is 25.6 Å². The summed E-state index contributed by atoms with van der Waals surface area (Å²) in [6, 6.07) is 5.64. The Bertz CT molecular complexity index is 405. The molecular formula is C13H17ClOS. The molecule has 88 valence electrons. The van der Waals surface area contributed by atoms with Gasteiger partial charge >= 0.3 is 0 Å². The maximum Gasteiger partial charge on any atom is 0.0847 e. The smallest absolute Gasteiger partial charge is 0.0847 e. The molecule has 0 aliphatic rings. The summed E-state index contributed by atoms with van der Waals surface area (Å²) in [5.41, 5.74) is 1.03. The number of benzene rings is 1. The van der Waals surface area contributed by atoms with Crippen LogP contribution in [0.25, 0.3) is 4.91 Å². The summed E-state index contributed by atoms with van der Waals surface area (Å²) in [5, 5.41) is 10.8. The molecule has 0 saturated heterocycles. The third kappa shape index (κ3) is 3.03. The van der Waals surface area contributed by atoms with Gasteiger partial charge in [0.25, 0.3) is 0 Å². The average Bonchev–Trinajstić information content (AvgIpc) is 2.20. The second kappa shape index (κ2) is 5.26. The van der Waals surface area contributed by atoms with Crippen LogP contribution in [0.15, 0.2) is 24.3 Å². The Morgan fingerprint density at radius 2 is 2.06 bits per heavy atom. The maximum absolute atomic E-state index is 10.1. The van der Waals surface area contributed by atoms with Crippen LogP contribution in [0.4, 0.5) is 0 Å². The van der Waals surface area contributed by atoms with E-state index < -0.39 is 5.60 Å². The normalized spacial score (nSPS) is 13.0. The SMILES string of the molecule is C/C=C(\SC)c1ccc(Cl)cc1C(C)(C)O. The van der Waals surface area contributed by atoms with Gasteiger partial charge in [-0.05, 0) is 50.3 Å². The van der Waals surface area contributed by atoms with Crippen LogP contribution < -0.4 is 0 Å². The molecule has 0 aliphatic carbocycles. The van der Waals surface area contributed by atoms with E-state index in [9.17, 15) is 5.11 Å². The van der Waals surface area contributed by atoms with Crippen molar-refractivity contribution in [3.05, 3.63) is 40.4 Å². The molecule has 0 atom stereocenters. The second-order valence-corrected chi connectivity index (χ2v) is 5.39. The third-order valence-electron chi connectivity index (χ3n) is 2.39. The van der Waals surface area contributed by atoms with Crippen molar-refractivity contribution in [3.8, 4) is 0 Å². The van der Waals surface area contributed by atoms with Crippen molar-refractivity contribution in [1.82, 2.24) is 0 Å². The summed E-state index contributed by atoms with van der Waals surface area (Å²) in [7, 11) is 0. The summed E-state index contributed by atoms with van der Waals surface area (Å²) in [6.45, 7) is 5.54. The molecule has 1 aromatic rings. The molecule has 0 fully saturated rings. The zero-order chi connectivity index (χ0) is 12.3. The number of halogens is 1. The lowest BCUT2D eigenvalue weighted by Crippen LogP contribution is -2.17. The number of aliphatic hydroxyl groups is 1. The van der Waals surface area contributed by atoms with Gasteiger partial charge in [-0.25, -0.2) is 0 Å². The third-order valence-corrected chi connectivity index (χ3v) is 3.52. The monoisotopic (exact) mass is 256 g/mol. The highest BCUT2D eigenvalue weighted by molar-refractivity contribution is 8.07. The van der Waals surface area contributed by atoms with Crippen molar-refractivity contribution in [3.63, 3.8) is 0 Å². The number of thioether (sulfide) groups is 1. The van der Waals surface area contributed by atoms with Crippen LogP contribution in [0, 0.1) is 0 Å². The fourth-order valence-corrected chi connectivity index (χ4v) is 2.43. The lowest BCUT2D eigenvalue weighted by atomic mass is 9.93. The van der Waals surface area contributed by atoms with Crippen LogP contribution in [0.1, 0.15) is 31.9 Å². The quantitative estimate of drug-likeness (QED) is 0.871. The highest BCUT2D eigenvalue weighted by atomic mass is 35.5. The Kier molecular flexibility index (Phi) is 4.48. The highest BCUT2D eigenvalue weighted by Crippen LogP contribution is 2.35. The van der Waals surface area contributed by atoms with E-state index in [-0.39, 0.29) is 0 Å². The van der Waals surface area contributed by atoms with Crippen molar-refractivity contribution < 1.29 is 5.11 Å². The van der Waals surface area contributed by atoms with Gasteiger partial charge in [0, 0.05) is 9.93 Å². The molecule has 0 aromatic heterocycles. The topological polar surface area (TPSA) is 20.2 Å².